The minimum atomic E-state index is -0.664. The summed E-state index contributed by atoms with van der Waals surface area (Å²) in [6, 6.07) is -0.0996. The second-order valence-corrected chi connectivity index (χ2v) is 21.3. The van der Waals surface area contributed by atoms with Gasteiger partial charge in [0.2, 0.25) is 17.7 Å². The third-order valence-electron chi connectivity index (χ3n) is 18.0. The lowest BCUT2D eigenvalue weighted by molar-refractivity contribution is -0.242. The second-order valence-electron chi connectivity index (χ2n) is 21.3. The fourth-order valence-electron chi connectivity index (χ4n) is 14.7. The van der Waals surface area contributed by atoms with Crippen molar-refractivity contribution < 1.29 is 24.3 Å². The number of amides is 3. The maximum atomic E-state index is 14.9. The van der Waals surface area contributed by atoms with E-state index in [1.807, 2.05) is 13.8 Å². The van der Waals surface area contributed by atoms with Crippen molar-refractivity contribution in [3.05, 3.63) is 12.2 Å². The predicted molar refractivity (Wildman–Crippen MR) is 204 cm³/mol. The van der Waals surface area contributed by atoms with Crippen molar-refractivity contribution in [1.82, 2.24) is 16.2 Å². The van der Waals surface area contributed by atoms with Crippen molar-refractivity contribution in [3.63, 3.8) is 0 Å². The van der Waals surface area contributed by atoms with E-state index in [0.717, 1.165) is 51.4 Å². The van der Waals surface area contributed by atoms with Crippen LogP contribution < -0.4 is 16.2 Å². The first-order chi connectivity index (χ1) is 24.1. The summed E-state index contributed by atoms with van der Waals surface area (Å²) < 4.78 is 0. The van der Waals surface area contributed by atoms with Gasteiger partial charge in [0.15, 0.2) is 0 Å². The van der Waals surface area contributed by atoms with Crippen molar-refractivity contribution in [1.29, 1.82) is 0 Å². The van der Waals surface area contributed by atoms with E-state index in [2.05, 4.69) is 78.1 Å². The highest BCUT2D eigenvalue weighted by Gasteiger charge is 2.72. The van der Waals surface area contributed by atoms with Crippen LogP contribution in [0.4, 0.5) is 0 Å². The first kappa shape index (κ1) is 39.3. The Morgan fingerprint density at radius 3 is 2.10 bits per heavy atom. The summed E-state index contributed by atoms with van der Waals surface area (Å²) in [4.78, 5) is 52.1. The van der Waals surface area contributed by atoms with E-state index in [9.17, 15) is 24.3 Å². The summed E-state index contributed by atoms with van der Waals surface area (Å²) in [5.74, 6) is 1.42. The standard InChI is InChI=1S/C44H71N3O5/c1-25(2)22-34(48)46-47-37(51)30-24-33(40(30,7)8)45-38(52)44-19-15-28(26(3)4)36(44)29-12-13-32-41(9)17-14-27(23-35(49)50)39(5,6)31(41)16-18-43(32,11)42(29,10)20-21-44/h25,27-33,36H,3,12-24H2,1-2,4-11H3,(H,45,52)(H,46,48)(H,47,51)(H,49,50)/t27-,28-,29+,30+,31+,32+,33+,36+,41+,42+,43+,44-/m0/s1. The monoisotopic (exact) mass is 722 g/mol. The van der Waals surface area contributed by atoms with E-state index in [-0.39, 0.29) is 75.5 Å². The van der Waals surface area contributed by atoms with Crippen LogP contribution >= 0.6 is 0 Å². The lowest BCUT2D eigenvalue weighted by atomic mass is 9.32. The Morgan fingerprint density at radius 1 is 0.788 bits per heavy atom. The van der Waals surface area contributed by atoms with E-state index < -0.39 is 16.8 Å². The molecule has 3 amide bonds. The molecule has 0 spiro atoms. The first-order valence-corrected chi connectivity index (χ1v) is 20.8. The molecular formula is C44H71N3O5. The molecule has 0 heterocycles. The average Bonchev–Trinajstić information content (AvgIpc) is 3.44. The summed E-state index contributed by atoms with van der Waals surface area (Å²) in [6.45, 7) is 27.3. The average molecular weight is 722 g/mol. The molecule has 6 aliphatic carbocycles. The predicted octanol–water partition coefficient (Wildman–Crippen LogP) is 8.46. The van der Waals surface area contributed by atoms with Gasteiger partial charge in [-0.15, -0.1) is 0 Å². The third kappa shape index (κ3) is 5.80. The number of hydrazine groups is 1. The lowest BCUT2D eigenvalue weighted by Crippen LogP contribution is -2.68. The van der Waals surface area contributed by atoms with Crippen LogP contribution in [-0.2, 0) is 19.2 Å². The van der Waals surface area contributed by atoms with Crippen LogP contribution in [0.3, 0.4) is 0 Å². The number of aliphatic carboxylic acids is 1. The van der Waals surface area contributed by atoms with Crippen LogP contribution in [-0.4, -0.2) is 34.8 Å². The largest absolute Gasteiger partial charge is 0.481 e. The molecule has 292 valence electrons. The van der Waals surface area contributed by atoms with Crippen LogP contribution in [0.1, 0.15) is 153 Å². The number of carboxylic acid groups (broad SMARTS) is 1. The quantitative estimate of drug-likeness (QED) is 0.148. The third-order valence-corrected chi connectivity index (χ3v) is 18.0. The summed E-state index contributed by atoms with van der Waals surface area (Å²) >= 11 is 0. The van der Waals surface area contributed by atoms with Gasteiger partial charge >= 0.3 is 5.97 Å². The van der Waals surface area contributed by atoms with Gasteiger partial charge < -0.3 is 10.4 Å². The summed E-state index contributed by atoms with van der Waals surface area (Å²) in [5, 5.41) is 13.3. The van der Waals surface area contributed by atoms with Gasteiger partial charge in [-0.25, -0.2) is 0 Å². The van der Waals surface area contributed by atoms with Crippen molar-refractivity contribution >= 4 is 23.7 Å². The number of rotatable bonds is 8. The molecule has 12 atom stereocenters. The van der Waals surface area contributed by atoms with Crippen molar-refractivity contribution in [2.75, 3.05) is 0 Å². The Hall–Kier alpha value is -2.38. The van der Waals surface area contributed by atoms with E-state index >= 15 is 0 Å². The number of fused-ring (bicyclic) bond motifs is 7. The smallest absolute Gasteiger partial charge is 0.303 e. The highest BCUT2D eigenvalue weighted by molar-refractivity contribution is 5.87. The molecule has 0 radical (unpaired) electrons. The fourth-order valence-corrected chi connectivity index (χ4v) is 14.7. The highest BCUT2D eigenvalue weighted by Crippen LogP contribution is 2.78. The van der Waals surface area contributed by atoms with E-state index in [1.54, 1.807) is 0 Å². The molecule has 0 aromatic carbocycles. The van der Waals surface area contributed by atoms with Gasteiger partial charge in [-0.1, -0.05) is 74.5 Å². The highest BCUT2D eigenvalue weighted by atomic mass is 16.4. The van der Waals surface area contributed by atoms with Gasteiger partial charge in [0.25, 0.3) is 0 Å². The molecule has 6 rings (SSSR count). The number of carbonyl (C=O) groups is 4. The maximum Gasteiger partial charge on any atom is 0.303 e. The maximum absolute atomic E-state index is 14.9. The molecule has 6 aliphatic rings. The Morgan fingerprint density at radius 2 is 1.48 bits per heavy atom. The molecule has 8 heteroatoms. The van der Waals surface area contributed by atoms with Crippen LogP contribution in [0.25, 0.3) is 0 Å². The van der Waals surface area contributed by atoms with Gasteiger partial charge in [0.1, 0.15) is 0 Å². The van der Waals surface area contributed by atoms with E-state index in [1.165, 1.54) is 18.4 Å². The van der Waals surface area contributed by atoms with Gasteiger partial charge in [-0.3, -0.25) is 30.0 Å². The van der Waals surface area contributed by atoms with Crippen LogP contribution in [0, 0.1) is 79.8 Å². The van der Waals surface area contributed by atoms with Crippen molar-refractivity contribution in [2.45, 2.75) is 159 Å². The molecule has 6 fully saturated rings. The molecule has 0 aromatic rings. The molecular weight excluding hydrogens is 651 g/mol. The second kappa shape index (κ2) is 13.1. The van der Waals surface area contributed by atoms with Gasteiger partial charge in [0, 0.05) is 24.8 Å². The first-order valence-electron chi connectivity index (χ1n) is 20.8. The topological polar surface area (TPSA) is 125 Å². The van der Waals surface area contributed by atoms with Crippen LogP contribution in [0.5, 0.6) is 0 Å². The Kier molecular flexibility index (Phi) is 9.93. The van der Waals surface area contributed by atoms with Gasteiger partial charge in [-0.2, -0.15) is 0 Å². The summed E-state index contributed by atoms with van der Waals surface area (Å²) in [6.07, 6.45) is 11.8. The zero-order valence-corrected chi connectivity index (χ0v) is 34.2. The van der Waals surface area contributed by atoms with Gasteiger partial charge in [-0.05, 0) is 146 Å². The summed E-state index contributed by atoms with van der Waals surface area (Å²) in [7, 11) is 0. The minimum absolute atomic E-state index is 0.00252. The molecule has 0 aliphatic heterocycles. The fraction of sp³-hybridized carbons (Fsp3) is 0.864. The zero-order chi connectivity index (χ0) is 38.4. The normalized spacial score (nSPS) is 44.1. The van der Waals surface area contributed by atoms with Gasteiger partial charge in [0.05, 0.1) is 5.41 Å². The Balaban J connectivity index is 1.22. The molecule has 52 heavy (non-hydrogen) atoms. The molecule has 0 saturated heterocycles. The van der Waals surface area contributed by atoms with Crippen molar-refractivity contribution in [3.8, 4) is 0 Å². The SMILES string of the molecule is C=C(C)[C@@H]1CC[C@]2(C(=O)N[C@@H]3C[C@H](C(=O)NNC(=O)CC(C)C)C3(C)C)CC[C@]3(C)[C@H](CC[C@@H]4[C@]5(C)CC[C@@H](CC(=O)O)C(C)(C)[C@H]5CC[C@]43C)[C@@H]12. The Bertz CT molecular complexity index is 1490. The minimum Gasteiger partial charge on any atom is -0.481 e. The number of carbonyl (C=O) groups excluding carboxylic acids is 3. The lowest BCUT2D eigenvalue weighted by Gasteiger charge is -2.73. The number of hydrogen-bond acceptors (Lipinski definition) is 4. The van der Waals surface area contributed by atoms with Crippen molar-refractivity contribution in [2.24, 2.45) is 79.8 Å². The molecule has 4 N–H and O–H groups in total. The number of allylic oxidation sites excluding steroid dienone is 1. The van der Waals surface area contributed by atoms with Crippen LogP contribution in [0.2, 0.25) is 0 Å². The number of hydrogen-bond donors (Lipinski definition) is 4. The summed E-state index contributed by atoms with van der Waals surface area (Å²) in [5.41, 5.74) is 6.03. The van der Waals surface area contributed by atoms with E-state index in [4.69, 9.17) is 0 Å². The number of nitrogens with one attached hydrogen (secondary N) is 3. The molecule has 0 aromatic heterocycles. The van der Waals surface area contributed by atoms with E-state index in [0.29, 0.717) is 36.5 Å². The molecule has 8 nitrogen and oxygen atoms in total. The Labute approximate surface area is 314 Å². The molecule has 6 saturated carbocycles. The van der Waals surface area contributed by atoms with Crippen LogP contribution in [0.15, 0.2) is 12.2 Å². The molecule has 0 bridgehead atoms. The molecule has 0 unspecified atom stereocenters. The number of carboxylic acids is 1. The zero-order valence-electron chi connectivity index (χ0n) is 34.2.